The summed E-state index contributed by atoms with van der Waals surface area (Å²) in [5.74, 6) is -2.78. The third-order valence-electron chi connectivity index (χ3n) is 4.59. The van der Waals surface area contributed by atoms with Crippen molar-refractivity contribution in [1.29, 1.82) is 0 Å². The molecular formula is C19H14Cl2F9N3O4. The predicted molar refractivity (Wildman–Crippen MR) is 111 cm³/mol. The van der Waals surface area contributed by atoms with Gasteiger partial charge in [0.2, 0.25) is 12.2 Å². The minimum atomic E-state index is -5.50. The van der Waals surface area contributed by atoms with E-state index in [4.69, 9.17) is 27.9 Å². The van der Waals surface area contributed by atoms with E-state index in [0.717, 1.165) is 14.2 Å². The van der Waals surface area contributed by atoms with Crippen LogP contribution >= 0.6 is 23.2 Å². The van der Waals surface area contributed by atoms with E-state index in [1.165, 1.54) is 6.92 Å². The SMILES string of the molecule is CCOC(=O)C(OC)N(c1cc(C(F)(F)F)cc(C(F)(F)F)c1Cl)c1nc(C(F)(F)F)c(Cl)c(=O)n1C. The van der Waals surface area contributed by atoms with Crippen molar-refractivity contribution in [3.63, 3.8) is 0 Å². The van der Waals surface area contributed by atoms with Gasteiger partial charge in [-0.3, -0.25) is 14.3 Å². The number of alkyl halides is 9. The molecule has 1 aromatic heterocycles. The van der Waals surface area contributed by atoms with Crippen LogP contribution in [-0.4, -0.2) is 35.5 Å². The molecule has 0 saturated heterocycles. The van der Waals surface area contributed by atoms with Crippen molar-refractivity contribution in [3.05, 3.63) is 49.4 Å². The molecule has 0 N–H and O–H groups in total. The lowest BCUT2D eigenvalue weighted by molar-refractivity contribution is -0.154. The van der Waals surface area contributed by atoms with Gasteiger partial charge in [0, 0.05) is 14.2 Å². The van der Waals surface area contributed by atoms with Gasteiger partial charge < -0.3 is 9.47 Å². The summed E-state index contributed by atoms with van der Waals surface area (Å²) in [5, 5.41) is -2.94. The molecule has 7 nitrogen and oxygen atoms in total. The van der Waals surface area contributed by atoms with Gasteiger partial charge in [0.1, 0.15) is 5.02 Å². The first-order chi connectivity index (χ1) is 16.8. The zero-order valence-corrected chi connectivity index (χ0v) is 20.1. The topological polar surface area (TPSA) is 73.7 Å². The van der Waals surface area contributed by atoms with Crippen molar-refractivity contribution in [1.82, 2.24) is 9.55 Å². The standard InChI is InChI=1S/C19H14Cl2F9N3O4/c1-4-37-15(35)14(36-3)33(16-31-12(19(28,29)30)11(21)13(34)32(16)2)9-6-7(17(22,23)24)5-8(10(9)20)18(25,26)27/h5-6,14H,4H2,1-3H3. The smallest absolute Gasteiger partial charge is 0.435 e. The summed E-state index contributed by atoms with van der Waals surface area (Å²) in [6, 6.07) is -0.331. The molecule has 2 rings (SSSR count). The molecule has 1 unspecified atom stereocenters. The average molecular weight is 590 g/mol. The second kappa shape index (κ2) is 10.6. The third kappa shape index (κ3) is 6.23. The number of halogens is 11. The number of benzene rings is 1. The average Bonchev–Trinajstić information content (AvgIpc) is 2.74. The van der Waals surface area contributed by atoms with Crippen LogP contribution in [0, 0.1) is 0 Å². The highest BCUT2D eigenvalue weighted by Gasteiger charge is 2.44. The van der Waals surface area contributed by atoms with Crippen LogP contribution in [0.5, 0.6) is 0 Å². The second-order valence-corrected chi connectivity index (χ2v) is 7.75. The molecule has 0 amide bonds. The van der Waals surface area contributed by atoms with Gasteiger partial charge in [-0.2, -0.15) is 39.5 Å². The van der Waals surface area contributed by atoms with Crippen LogP contribution in [-0.2, 0) is 39.8 Å². The lowest BCUT2D eigenvalue weighted by atomic mass is 10.1. The van der Waals surface area contributed by atoms with Gasteiger partial charge in [0.05, 0.1) is 28.4 Å². The van der Waals surface area contributed by atoms with Gasteiger partial charge in [0.25, 0.3) is 5.56 Å². The first-order valence-electron chi connectivity index (χ1n) is 9.57. The largest absolute Gasteiger partial charge is 0.463 e. The zero-order chi connectivity index (χ0) is 28.7. The Kier molecular flexibility index (Phi) is 8.71. The Balaban J connectivity index is 3.14. The highest BCUT2D eigenvalue weighted by Crippen LogP contribution is 2.46. The molecule has 37 heavy (non-hydrogen) atoms. The molecule has 2 aromatic rings. The Morgan fingerprint density at radius 3 is 2.03 bits per heavy atom. The minimum Gasteiger partial charge on any atom is -0.463 e. The summed E-state index contributed by atoms with van der Waals surface area (Å²) < 4.78 is 132. The molecule has 0 spiro atoms. The van der Waals surface area contributed by atoms with Crippen LogP contribution in [0.3, 0.4) is 0 Å². The summed E-state index contributed by atoms with van der Waals surface area (Å²) in [5.41, 5.74) is -8.99. The number of hydrogen-bond donors (Lipinski definition) is 0. The maximum atomic E-state index is 13.6. The van der Waals surface area contributed by atoms with Gasteiger partial charge in [-0.15, -0.1) is 0 Å². The Hall–Kier alpha value is -2.72. The highest BCUT2D eigenvalue weighted by atomic mass is 35.5. The van der Waals surface area contributed by atoms with E-state index in [1.54, 1.807) is 0 Å². The predicted octanol–water partition coefficient (Wildman–Crippen LogP) is 5.82. The quantitative estimate of drug-likeness (QED) is 0.240. The van der Waals surface area contributed by atoms with E-state index in [9.17, 15) is 49.1 Å². The number of esters is 1. The van der Waals surface area contributed by atoms with Crippen LogP contribution in [0.25, 0.3) is 0 Å². The summed E-state index contributed by atoms with van der Waals surface area (Å²) in [7, 11) is 1.48. The second-order valence-electron chi connectivity index (χ2n) is 7.00. The highest BCUT2D eigenvalue weighted by molar-refractivity contribution is 6.34. The fourth-order valence-electron chi connectivity index (χ4n) is 2.98. The molecular weight excluding hydrogens is 576 g/mol. The van der Waals surface area contributed by atoms with Crippen molar-refractivity contribution >= 4 is 40.8 Å². The molecule has 1 atom stereocenters. The van der Waals surface area contributed by atoms with Crippen LogP contribution in [0.2, 0.25) is 10.0 Å². The van der Waals surface area contributed by atoms with E-state index >= 15 is 0 Å². The van der Waals surface area contributed by atoms with Crippen molar-refractivity contribution in [2.75, 3.05) is 18.6 Å². The number of nitrogens with zero attached hydrogens (tertiary/aromatic N) is 3. The fourth-order valence-corrected chi connectivity index (χ4v) is 3.56. The molecule has 18 heteroatoms. The Morgan fingerprint density at radius 1 is 1.03 bits per heavy atom. The van der Waals surface area contributed by atoms with Crippen LogP contribution in [0.4, 0.5) is 51.1 Å². The Morgan fingerprint density at radius 2 is 1.59 bits per heavy atom. The van der Waals surface area contributed by atoms with Gasteiger partial charge >= 0.3 is 24.5 Å². The fraction of sp³-hybridized carbons (Fsp3) is 0.421. The van der Waals surface area contributed by atoms with E-state index < -0.39 is 81.4 Å². The van der Waals surface area contributed by atoms with Crippen molar-refractivity contribution in [3.8, 4) is 0 Å². The molecule has 0 aliphatic carbocycles. The minimum absolute atomic E-state index is 0.0108. The number of aromatic nitrogens is 2. The number of carbonyl (C=O) groups excluding carboxylic acids is 1. The maximum Gasteiger partial charge on any atom is 0.435 e. The van der Waals surface area contributed by atoms with Gasteiger partial charge in [-0.1, -0.05) is 23.2 Å². The molecule has 1 aromatic carbocycles. The molecule has 0 aliphatic heterocycles. The van der Waals surface area contributed by atoms with E-state index in [-0.39, 0.29) is 21.6 Å². The zero-order valence-electron chi connectivity index (χ0n) is 18.6. The number of methoxy groups -OCH3 is 1. The summed E-state index contributed by atoms with van der Waals surface area (Å²) >= 11 is 11.2. The van der Waals surface area contributed by atoms with Crippen LogP contribution < -0.4 is 10.5 Å². The number of hydrogen-bond acceptors (Lipinski definition) is 6. The van der Waals surface area contributed by atoms with Crippen molar-refractivity contribution < 1.29 is 53.8 Å². The van der Waals surface area contributed by atoms with Gasteiger partial charge in [-0.05, 0) is 19.1 Å². The monoisotopic (exact) mass is 589 g/mol. The molecule has 0 bridgehead atoms. The van der Waals surface area contributed by atoms with E-state index in [2.05, 4.69) is 9.72 Å². The molecule has 206 valence electrons. The first kappa shape index (κ1) is 30.5. The first-order valence-corrected chi connectivity index (χ1v) is 10.3. The van der Waals surface area contributed by atoms with Crippen molar-refractivity contribution in [2.45, 2.75) is 31.7 Å². The van der Waals surface area contributed by atoms with Crippen molar-refractivity contribution in [2.24, 2.45) is 7.05 Å². The molecule has 0 fully saturated rings. The van der Waals surface area contributed by atoms with E-state index in [1.807, 2.05) is 0 Å². The summed E-state index contributed by atoms with van der Waals surface area (Å²) in [6.07, 6.45) is -18.7. The van der Waals surface area contributed by atoms with Gasteiger partial charge in [0.15, 0.2) is 5.69 Å². The molecule has 0 saturated carbocycles. The molecule has 0 aliphatic rings. The summed E-state index contributed by atoms with van der Waals surface area (Å²) in [4.78, 5) is 28.2. The van der Waals surface area contributed by atoms with Crippen LogP contribution in [0.15, 0.2) is 16.9 Å². The third-order valence-corrected chi connectivity index (χ3v) is 5.33. The Bertz CT molecular complexity index is 1240. The lowest BCUT2D eigenvalue weighted by Gasteiger charge is -2.33. The van der Waals surface area contributed by atoms with Crippen LogP contribution in [0.1, 0.15) is 23.7 Å². The normalized spacial score (nSPS) is 13.5. The maximum absolute atomic E-state index is 13.6. The van der Waals surface area contributed by atoms with E-state index in [0.29, 0.717) is 0 Å². The van der Waals surface area contributed by atoms with Gasteiger partial charge in [-0.25, -0.2) is 9.78 Å². The Labute approximate surface area is 211 Å². The number of anilines is 2. The number of ether oxygens (including phenoxy) is 2. The number of rotatable bonds is 6. The molecule has 0 radical (unpaired) electrons. The number of carbonyl (C=O) groups is 1. The lowest BCUT2D eigenvalue weighted by Crippen LogP contribution is -2.44. The molecule has 1 heterocycles. The summed E-state index contributed by atoms with van der Waals surface area (Å²) in [6.45, 7) is 0.878.